The van der Waals surface area contributed by atoms with E-state index in [-0.39, 0.29) is 11.5 Å². The molecule has 0 radical (unpaired) electrons. The summed E-state index contributed by atoms with van der Waals surface area (Å²) in [6, 6.07) is 4.06. The van der Waals surface area contributed by atoms with Gasteiger partial charge in [-0.3, -0.25) is 0 Å². The predicted octanol–water partition coefficient (Wildman–Crippen LogP) is 5.97. The van der Waals surface area contributed by atoms with Crippen LogP contribution in [-0.2, 0) is 6.42 Å². The molecule has 1 atom stereocenters. The predicted molar refractivity (Wildman–Crippen MR) is 98.0 cm³/mol. The number of aryl methyl sites for hydroxylation is 1. The second-order valence-corrected chi connectivity index (χ2v) is 7.74. The van der Waals surface area contributed by atoms with Crippen LogP contribution in [0.3, 0.4) is 0 Å². The van der Waals surface area contributed by atoms with E-state index >= 15 is 0 Å². The van der Waals surface area contributed by atoms with Gasteiger partial charge in [0.1, 0.15) is 17.1 Å². The molecule has 0 saturated heterocycles. The maximum Gasteiger partial charge on any atom is 0.131 e. The third-order valence-corrected chi connectivity index (χ3v) is 4.89. The summed E-state index contributed by atoms with van der Waals surface area (Å²) in [5.74, 6) is 1.89. The van der Waals surface area contributed by atoms with Crippen LogP contribution < -0.4 is 4.74 Å². The molecule has 1 unspecified atom stereocenters. The number of hydrogen-bond donors (Lipinski definition) is 1. The summed E-state index contributed by atoms with van der Waals surface area (Å²) >= 11 is 0. The highest BCUT2D eigenvalue weighted by Crippen LogP contribution is 2.48. The molecule has 0 aliphatic carbocycles. The van der Waals surface area contributed by atoms with Crippen LogP contribution in [0.2, 0.25) is 0 Å². The largest absolute Gasteiger partial charge is 0.507 e. The fourth-order valence-electron chi connectivity index (χ4n) is 3.30. The highest BCUT2D eigenvalue weighted by molar-refractivity contribution is 5.79. The lowest BCUT2D eigenvalue weighted by atomic mass is 9.78. The molecule has 2 heteroatoms. The van der Waals surface area contributed by atoms with Crippen molar-refractivity contribution in [2.45, 2.75) is 72.8 Å². The van der Waals surface area contributed by atoms with Crippen molar-refractivity contribution in [1.29, 1.82) is 0 Å². The van der Waals surface area contributed by atoms with Gasteiger partial charge in [-0.25, -0.2) is 0 Å². The molecule has 1 aliphatic heterocycles. The molecule has 23 heavy (non-hydrogen) atoms. The van der Waals surface area contributed by atoms with Gasteiger partial charge in [0.2, 0.25) is 0 Å². The SMILES string of the molecule is CCCCCc1cc(O)c2c(c1)OC(C)(C)C(C)/C2=C\C(C)C. The van der Waals surface area contributed by atoms with Gasteiger partial charge in [-0.1, -0.05) is 46.6 Å². The van der Waals surface area contributed by atoms with Crippen molar-refractivity contribution in [3.8, 4) is 11.5 Å². The number of unbranched alkanes of at least 4 members (excludes halogenated alkanes) is 2. The smallest absolute Gasteiger partial charge is 0.131 e. The van der Waals surface area contributed by atoms with Gasteiger partial charge in [-0.2, -0.15) is 0 Å². The minimum absolute atomic E-state index is 0.245. The quantitative estimate of drug-likeness (QED) is 0.678. The normalized spacial score (nSPS) is 21.3. The molecule has 1 N–H and O–H groups in total. The lowest BCUT2D eigenvalue weighted by Crippen LogP contribution is -2.40. The second kappa shape index (κ2) is 6.98. The van der Waals surface area contributed by atoms with E-state index in [1.807, 2.05) is 6.07 Å². The topological polar surface area (TPSA) is 29.5 Å². The number of fused-ring (bicyclic) bond motifs is 1. The molecule has 1 aromatic rings. The molecule has 1 aliphatic rings. The summed E-state index contributed by atoms with van der Waals surface area (Å²) in [4.78, 5) is 0. The Morgan fingerprint density at radius 1 is 1.26 bits per heavy atom. The molecule has 0 aromatic heterocycles. The van der Waals surface area contributed by atoms with Crippen LogP contribution in [0.1, 0.15) is 71.9 Å². The zero-order valence-corrected chi connectivity index (χ0v) is 15.6. The minimum Gasteiger partial charge on any atom is -0.507 e. The number of phenols is 1. The van der Waals surface area contributed by atoms with Gasteiger partial charge >= 0.3 is 0 Å². The maximum atomic E-state index is 10.6. The van der Waals surface area contributed by atoms with Gasteiger partial charge in [-0.15, -0.1) is 0 Å². The van der Waals surface area contributed by atoms with Crippen molar-refractivity contribution in [1.82, 2.24) is 0 Å². The Morgan fingerprint density at radius 3 is 2.57 bits per heavy atom. The Hall–Kier alpha value is -1.44. The Kier molecular flexibility index (Phi) is 5.44. The summed E-state index contributed by atoms with van der Waals surface area (Å²) in [5, 5.41) is 10.6. The molecule has 0 fully saturated rings. The molecule has 2 rings (SSSR count). The Bertz CT molecular complexity index is 582. The number of ether oxygens (including phenoxy) is 1. The van der Waals surface area contributed by atoms with Crippen LogP contribution in [0.25, 0.3) is 5.57 Å². The van der Waals surface area contributed by atoms with Crippen molar-refractivity contribution in [3.05, 3.63) is 29.3 Å². The fourth-order valence-corrected chi connectivity index (χ4v) is 3.30. The van der Waals surface area contributed by atoms with Crippen LogP contribution >= 0.6 is 0 Å². The summed E-state index contributed by atoms with van der Waals surface area (Å²) < 4.78 is 6.27. The number of phenolic OH excluding ortho intramolecular Hbond substituents is 1. The Balaban J connectivity index is 2.47. The first kappa shape index (κ1) is 17.9. The maximum absolute atomic E-state index is 10.6. The number of benzene rings is 1. The molecule has 2 nitrogen and oxygen atoms in total. The van der Waals surface area contributed by atoms with Gasteiger partial charge in [0.05, 0.1) is 5.56 Å². The van der Waals surface area contributed by atoms with Gasteiger partial charge < -0.3 is 9.84 Å². The van der Waals surface area contributed by atoms with Crippen molar-refractivity contribution in [2.24, 2.45) is 11.8 Å². The second-order valence-electron chi connectivity index (χ2n) is 7.74. The average molecular weight is 316 g/mol. The van der Waals surface area contributed by atoms with Crippen molar-refractivity contribution >= 4 is 5.57 Å². The van der Waals surface area contributed by atoms with Crippen LogP contribution in [0, 0.1) is 11.8 Å². The fraction of sp³-hybridized carbons (Fsp3) is 0.619. The van der Waals surface area contributed by atoms with Crippen LogP contribution in [0.4, 0.5) is 0 Å². The lowest BCUT2D eigenvalue weighted by molar-refractivity contribution is 0.0661. The van der Waals surface area contributed by atoms with E-state index in [4.69, 9.17) is 4.74 Å². The monoisotopic (exact) mass is 316 g/mol. The summed E-state index contributed by atoms with van der Waals surface area (Å²) in [6.45, 7) is 13.0. The molecule has 0 saturated carbocycles. The third-order valence-electron chi connectivity index (χ3n) is 4.89. The Labute approximate surface area is 141 Å². The number of rotatable bonds is 5. The summed E-state index contributed by atoms with van der Waals surface area (Å²) in [6.07, 6.45) is 6.85. The van der Waals surface area contributed by atoms with Crippen molar-refractivity contribution in [2.75, 3.05) is 0 Å². The van der Waals surface area contributed by atoms with E-state index in [1.165, 1.54) is 24.0 Å². The van der Waals surface area contributed by atoms with Gasteiger partial charge in [-0.05, 0) is 55.9 Å². The molecule has 0 bridgehead atoms. The van der Waals surface area contributed by atoms with Crippen LogP contribution in [0.15, 0.2) is 18.2 Å². The average Bonchev–Trinajstić information content (AvgIpc) is 2.43. The van der Waals surface area contributed by atoms with Gasteiger partial charge in [0.15, 0.2) is 0 Å². The molecular formula is C21H32O2. The van der Waals surface area contributed by atoms with Gasteiger partial charge in [0, 0.05) is 5.92 Å². The van der Waals surface area contributed by atoms with Gasteiger partial charge in [0.25, 0.3) is 0 Å². The van der Waals surface area contributed by atoms with E-state index in [2.05, 4.69) is 53.7 Å². The first-order valence-electron chi connectivity index (χ1n) is 9.03. The third kappa shape index (κ3) is 3.91. The van der Waals surface area contributed by atoms with E-state index < -0.39 is 0 Å². The molecule has 0 spiro atoms. The molecule has 0 amide bonds. The first-order chi connectivity index (χ1) is 10.8. The molecule has 128 valence electrons. The van der Waals surface area contributed by atoms with E-state index in [0.29, 0.717) is 11.7 Å². The van der Waals surface area contributed by atoms with E-state index in [0.717, 1.165) is 24.2 Å². The number of aromatic hydroxyl groups is 1. The lowest BCUT2D eigenvalue weighted by Gasteiger charge is -2.40. The van der Waals surface area contributed by atoms with Crippen molar-refractivity contribution < 1.29 is 9.84 Å². The number of allylic oxidation sites excluding steroid dienone is 1. The number of hydrogen-bond acceptors (Lipinski definition) is 2. The summed E-state index contributed by atoms with van der Waals surface area (Å²) in [5.41, 5.74) is 3.01. The zero-order valence-electron chi connectivity index (χ0n) is 15.6. The zero-order chi connectivity index (χ0) is 17.2. The highest BCUT2D eigenvalue weighted by atomic mass is 16.5. The van der Waals surface area contributed by atoms with E-state index in [9.17, 15) is 5.11 Å². The molecular weight excluding hydrogens is 284 g/mol. The minimum atomic E-state index is -0.262. The highest BCUT2D eigenvalue weighted by Gasteiger charge is 2.38. The van der Waals surface area contributed by atoms with Crippen molar-refractivity contribution in [3.63, 3.8) is 0 Å². The van der Waals surface area contributed by atoms with Crippen LogP contribution in [0.5, 0.6) is 11.5 Å². The Morgan fingerprint density at radius 2 is 1.96 bits per heavy atom. The molecule has 1 aromatic carbocycles. The van der Waals surface area contributed by atoms with Crippen LogP contribution in [-0.4, -0.2) is 10.7 Å². The summed E-state index contributed by atoms with van der Waals surface area (Å²) in [7, 11) is 0. The standard InChI is InChI=1S/C21H32O2/c1-7-8-9-10-16-12-18(22)20-17(11-14(2)3)15(4)21(5,6)23-19(20)13-16/h11-15,22H,7-10H2,1-6H3/b17-11+. The first-order valence-corrected chi connectivity index (χ1v) is 9.03. The molecule has 1 heterocycles. The van der Waals surface area contributed by atoms with E-state index in [1.54, 1.807) is 0 Å².